The minimum atomic E-state index is -0.613. The molecular formula is C16H25NO3. The van der Waals surface area contributed by atoms with Gasteiger partial charge in [0.25, 0.3) is 0 Å². The van der Waals surface area contributed by atoms with Gasteiger partial charge in [0.2, 0.25) is 0 Å². The van der Waals surface area contributed by atoms with Crippen molar-refractivity contribution in [3.8, 4) is 5.75 Å². The van der Waals surface area contributed by atoms with E-state index in [0.717, 1.165) is 25.0 Å². The maximum absolute atomic E-state index is 11.7. The van der Waals surface area contributed by atoms with Crippen LogP contribution < -0.4 is 10.1 Å². The summed E-state index contributed by atoms with van der Waals surface area (Å²) in [7, 11) is 3.19. The highest BCUT2D eigenvalue weighted by Crippen LogP contribution is 2.16. The van der Waals surface area contributed by atoms with E-state index in [-0.39, 0.29) is 5.97 Å². The Hall–Kier alpha value is -1.55. The van der Waals surface area contributed by atoms with Gasteiger partial charge >= 0.3 is 5.97 Å². The van der Waals surface area contributed by atoms with Crippen molar-refractivity contribution >= 4 is 5.97 Å². The fraction of sp³-hybridized carbons (Fsp3) is 0.562. The lowest BCUT2D eigenvalue weighted by molar-refractivity contribution is -0.148. The number of likely N-dealkylation sites (N-methyl/N-ethyl adjacent to an activating group) is 1. The Bertz CT molecular complexity index is 433. The highest BCUT2D eigenvalue weighted by Gasteiger charge is 2.31. The number of hydrogen-bond donors (Lipinski definition) is 1. The van der Waals surface area contributed by atoms with Crippen molar-refractivity contribution in [2.45, 2.75) is 38.6 Å². The summed E-state index contributed by atoms with van der Waals surface area (Å²) in [6.45, 7) is 4.56. The fourth-order valence-electron chi connectivity index (χ4n) is 2.03. The van der Waals surface area contributed by atoms with Gasteiger partial charge in [0.05, 0.1) is 13.7 Å². The van der Waals surface area contributed by atoms with Crippen LogP contribution in [-0.4, -0.2) is 32.3 Å². The number of methoxy groups -OCH3 is 1. The number of unbranched alkanes of at least 4 members (excludes halogenated alkanes) is 1. The summed E-state index contributed by atoms with van der Waals surface area (Å²) in [6.07, 6.45) is 2.54. The van der Waals surface area contributed by atoms with Crippen LogP contribution in [0.25, 0.3) is 0 Å². The Labute approximate surface area is 121 Å². The Morgan fingerprint density at radius 3 is 2.70 bits per heavy atom. The normalized spacial score (nSPS) is 13.6. The molecule has 0 spiro atoms. The molecule has 20 heavy (non-hydrogen) atoms. The Morgan fingerprint density at radius 2 is 2.10 bits per heavy atom. The number of hydrogen-bond acceptors (Lipinski definition) is 4. The lowest BCUT2D eigenvalue weighted by Crippen LogP contribution is -2.48. The number of benzene rings is 1. The van der Waals surface area contributed by atoms with E-state index >= 15 is 0 Å². The standard InChI is InChI=1S/C16H25NO3/c1-13-8-7-9-14(12-13)20-11-6-5-10-16(2,17-3)15(18)19-4/h7-9,12,17H,5-6,10-11H2,1-4H3. The van der Waals surface area contributed by atoms with Crippen molar-refractivity contribution in [1.82, 2.24) is 5.32 Å². The average molecular weight is 279 g/mol. The zero-order valence-electron chi connectivity index (χ0n) is 12.9. The number of aryl methyl sites for hydroxylation is 1. The smallest absolute Gasteiger partial charge is 0.325 e. The molecular weight excluding hydrogens is 254 g/mol. The van der Waals surface area contributed by atoms with Crippen molar-refractivity contribution in [1.29, 1.82) is 0 Å². The molecule has 1 N–H and O–H groups in total. The highest BCUT2D eigenvalue weighted by atomic mass is 16.5. The molecule has 1 unspecified atom stereocenters. The number of carbonyl (C=O) groups is 1. The van der Waals surface area contributed by atoms with Crippen LogP contribution in [0.1, 0.15) is 31.7 Å². The van der Waals surface area contributed by atoms with E-state index in [1.807, 2.05) is 38.1 Å². The molecule has 112 valence electrons. The lowest BCUT2D eigenvalue weighted by Gasteiger charge is -2.25. The molecule has 0 amide bonds. The molecule has 1 atom stereocenters. The number of rotatable bonds is 8. The predicted octanol–water partition coefficient (Wildman–Crippen LogP) is 2.70. The van der Waals surface area contributed by atoms with E-state index in [4.69, 9.17) is 9.47 Å². The first-order chi connectivity index (χ1) is 9.51. The molecule has 1 aromatic carbocycles. The van der Waals surface area contributed by atoms with Crippen LogP contribution in [0.5, 0.6) is 5.75 Å². The van der Waals surface area contributed by atoms with Gasteiger partial charge in [-0.05, 0) is 57.9 Å². The lowest BCUT2D eigenvalue weighted by atomic mass is 9.95. The van der Waals surface area contributed by atoms with E-state index in [0.29, 0.717) is 6.61 Å². The van der Waals surface area contributed by atoms with Crippen molar-refractivity contribution in [2.24, 2.45) is 0 Å². The molecule has 0 aliphatic heterocycles. The zero-order chi connectivity index (χ0) is 15.0. The minimum absolute atomic E-state index is 0.223. The number of ether oxygens (including phenoxy) is 2. The summed E-state index contributed by atoms with van der Waals surface area (Å²) >= 11 is 0. The van der Waals surface area contributed by atoms with Crippen LogP contribution in [0.15, 0.2) is 24.3 Å². The Kier molecular flexibility index (Phi) is 6.52. The number of esters is 1. The van der Waals surface area contributed by atoms with Gasteiger partial charge in [-0.3, -0.25) is 4.79 Å². The maximum atomic E-state index is 11.7. The first-order valence-corrected chi connectivity index (χ1v) is 6.98. The summed E-state index contributed by atoms with van der Waals surface area (Å²) in [5, 5.41) is 3.03. The zero-order valence-corrected chi connectivity index (χ0v) is 12.9. The maximum Gasteiger partial charge on any atom is 0.325 e. The monoisotopic (exact) mass is 279 g/mol. The van der Waals surface area contributed by atoms with Crippen LogP contribution in [0.3, 0.4) is 0 Å². The van der Waals surface area contributed by atoms with E-state index in [1.165, 1.54) is 12.7 Å². The predicted molar refractivity (Wildman–Crippen MR) is 80.0 cm³/mol. The van der Waals surface area contributed by atoms with Gasteiger partial charge in [-0.2, -0.15) is 0 Å². The molecule has 0 radical (unpaired) electrons. The average Bonchev–Trinajstić information content (AvgIpc) is 2.45. The summed E-state index contributed by atoms with van der Waals surface area (Å²) in [4.78, 5) is 11.7. The van der Waals surface area contributed by atoms with Crippen LogP contribution in [0.4, 0.5) is 0 Å². The third kappa shape index (κ3) is 4.85. The number of carbonyl (C=O) groups excluding carboxylic acids is 1. The molecule has 0 saturated heterocycles. The van der Waals surface area contributed by atoms with Crippen LogP contribution in [0.2, 0.25) is 0 Å². The SMILES string of the molecule is CNC(C)(CCCCOc1cccc(C)c1)C(=O)OC. The van der Waals surface area contributed by atoms with E-state index in [9.17, 15) is 4.79 Å². The van der Waals surface area contributed by atoms with E-state index in [2.05, 4.69) is 5.32 Å². The molecule has 0 bridgehead atoms. The Balaban J connectivity index is 2.29. The molecule has 0 heterocycles. The second-order valence-corrected chi connectivity index (χ2v) is 5.20. The van der Waals surface area contributed by atoms with Crippen LogP contribution in [0, 0.1) is 6.92 Å². The van der Waals surface area contributed by atoms with E-state index < -0.39 is 5.54 Å². The van der Waals surface area contributed by atoms with Gasteiger partial charge in [-0.15, -0.1) is 0 Å². The van der Waals surface area contributed by atoms with Gasteiger partial charge < -0.3 is 14.8 Å². The van der Waals surface area contributed by atoms with Gasteiger partial charge in [0, 0.05) is 0 Å². The summed E-state index contributed by atoms with van der Waals surface area (Å²) < 4.78 is 10.5. The molecule has 1 rings (SSSR count). The summed E-state index contributed by atoms with van der Waals surface area (Å²) in [6, 6.07) is 8.01. The largest absolute Gasteiger partial charge is 0.494 e. The fourth-order valence-corrected chi connectivity index (χ4v) is 2.03. The van der Waals surface area contributed by atoms with Crippen molar-refractivity contribution in [3.63, 3.8) is 0 Å². The first kappa shape index (κ1) is 16.5. The molecule has 0 aliphatic rings. The van der Waals surface area contributed by atoms with Crippen molar-refractivity contribution in [3.05, 3.63) is 29.8 Å². The minimum Gasteiger partial charge on any atom is -0.494 e. The van der Waals surface area contributed by atoms with Gasteiger partial charge in [0.1, 0.15) is 11.3 Å². The van der Waals surface area contributed by atoms with Gasteiger partial charge in [-0.1, -0.05) is 12.1 Å². The molecule has 0 saturated carbocycles. The van der Waals surface area contributed by atoms with Crippen molar-refractivity contribution < 1.29 is 14.3 Å². The van der Waals surface area contributed by atoms with Crippen molar-refractivity contribution in [2.75, 3.05) is 20.8 Å². The molecule has 4 heteroatoms. The van der Waals surface area contributed by atoms with Gasteiger partial charge in [0.15, 0.2) is 0 Å². The molecule has 0 aromatic heterocycles. The second kappa shape index (κ2) is 7.90. The third-order valence-corrected chi connectivity index (χ3v) is 3.52. The summed E-state index contributed by atoms with van der Waals surface area (Å²) in [5.41, 5.74) is 0.578. The molecule has 0 fully saturated rings. The van der Waals surface area contributed by atoms with E-state index in [1.54, 1.807) is 7.05 Å². The molecule has 0 aliphatic carbocycles. The van der Waals surface area contributed by atoms with Crippen LogP contribution >= 0.6 is 0 Å². The van der Waals surface area contributed by atoms with Crippen LogP contribution in [-0.2, 0) is 9.53 Å². The third-order valence-electron chi connectivity index (χ3n) is 3.52. The second-order valence-electron chi connectivity index (χ2n) is 5.20. The topological polar surface area (TPSA) is 47.6 Å². The Morgan fingerprint density at radius 1 is 1.35 bits per heavy atom. The summed E-state index contributed by atoms with van der Waals surface area (Å²) in [5.74, 6) is 0.675. The highest BCUT2D eigenvalue weighted by molar-refractivity contribution is 5.80. The number of nitrogens with one attached hydrogen (secondary N) is 1. The first-order valence-electron chi connectivity index (χ1n) is 6.98. The molecule has 4 nitrogen and oxygen atoms in total. The molecule has 1 aromatic rings. The quantitative estimate of drug-likeness (QED) is 0.587. The van der Waals surface area contributed by atoms with Gasteiger partial charge in [-0.25, -0.2) is 0 Å².